The Labute approximate surface area is 167 Å². The fourth-order valence-electron chi connectivity index (χ4n) is 3.51. The number of ether oxygens (including phenoxy) is 2. The van der Waals surface area contributed by atoms with Crippen LogP contribution in [0.15, 0.2) is 4.99 Å². The Morgan fingerprint density at radius 3 is 2.34 bits per heavy atom. The number of amidine groups is 1. The van der Waals surface area contributed by atoms with E-state index in [4.69, 9.17) is 9.47 Å². The van der Waals surface area contributed by atoms with Gasteiger partial charge in [0.2, 0.25) is 11.9 Å². The molecule has 0 radical (unpaired) electrons. The second kappa shape index (κ2) is 7.64. The van der Waals surface area contributed by atoms with E-state index in [9.17, 15) is 19.2 Å². The number of fused-ring (bicyclic) bond motifs is 3. The molecule has 156 valence electrons. The molecule has 0 saturated carbocycles. The van der Waals surface area contributed by atoms with E-state index in [0.717, 1.165) is 16.3 Å². The second-order valence-corrected chi connectivity index (χ2v) is 6.68. The van der Waals surface area contributed by atoms with Gasteiger partial charge >= 0.3 is 23.9 Å². The van der Waals surface area contributed by atoms with Crippen molar-refractivity contribution in [3.63, 3.8) is 0 Å². The van der Waals surface area contributed by atoms with Crippen LogP contribution in [0.3, 0.4) is 0 Å². The van der Waals surface area contributed by atoms with Crippen molar-refractivity contribution in [2.45, 2.75) is 40.3 Å². The van der Waals surface area contributed by atoms with Crippen LogP contribution in [0.1, 0.15) is 31.3 Å². The van der Waals surface area contributed by atoms with Crippen LogP contribution in [0.5, 0.6) is 0 Å². The van der Waals surface area contributed by atoms with Gasteiger partial charge in [0.05, 0.1) is 13.2 Å². The molecule has 2 aliphatic rings. The van der Waals surface area contributed by atoms with E-state index in [0.29, 0.717) is 5.95 Å². The van der Waals surface area contributed by atoms with E-state index in [1.807, 2.05) is 6.92 Å². The van der Waals surface area contributed by atoms with Gasteiger partial charge < -0.3 is 9.47 Å². The van der Waals surface area contributed by atoms with Crippen molar-refractivity contribution >= 4 is 35.7 Å². The van der Waals surface area contributed by atoms with Gasteiger partial charge in [0.1, 0.15) is 17.9 Å². The third kappa shape index (κ3) is 3.26. The number of aromatic nitrogens is 2. The normalized spacial score (nSPS) is 17.8. The molecule has 0 spiro atoms. The standard InChI is InChI=1S/C18H24N5O6/c1-6-28-12(24)8-21-10(3)11(4)23-14-15(19-17(21)23)20(5)18(27)22(16(14)26)9-13(25)29-7-2/h14H,6-9H2,1-5H3/q+1. The van der Waals surface area contributed by atoms with Gasteiger partial charge in [0.15, 0.2) is 6.54 Å². The molecule has 0 bridgehead atoms. The smallest absolute Gasteiger partial charge is 0.402 e. The quantitative estimate of drug-likeness (QED) is 0.485. The molecule has 1 aromatic heterocycles. The molecule has 1 atom stereocenters. The van der Waals surface area contributed by atoms with Crippen molar-refractivity contribution in [1.82, 2.24) is 14.4 Å². The number of urea groups is 1. The Morgan fingerprint density at radius 2 is 1.72 bits per heavy atom. The molecule has 29 heavy (non-hydrogen) atoms. The van der Waals surface area contributed by atoms with E-state index >= 15 is 0 Å². The van der Waals surface area contributed by atoms with Gasteiger partial charge in [-0.2, -0.15) is 0 Å². The third-order valence-electron chi connectivity index (χ3n) is 5.01. The average molecular weight is 406 g/mol. The number of carbonyl (C=O) groups is 4. The van der Waals surface area contributed by atoms with Crippen LogP contribution >= 0.6 is 0 Å². The summed E-state index contributed by atoms with van der Waals surface area (Å²) in [5.74, 6) is -1.04. The molecule has 11 nitrogen and oxygen atoms in total. The highest BCUT2D eigenvalue weighted by Gasteiger charge is 2.54. The molecule has 3 amide bonds. The van der Waals surface area contributed by atoms with Crippen molar-refractivity contribution in [3.8, 4) is 0 Å². The zero-order valence-corrected chi connectivity index (χ0v) is 17.1. The Kier molecular flexibility index (Phi) is 5.40. The van der Waals surface area contributed by atoms with E-state index < -0.39 is 36.5 Å². The SMILES string of the molecule is CCOC(=O)CN1C(=O)C2C(=Nc3n2c(C)c(C)[n+]3CC(=O)OCC)N(C)C1=O. The number of amides is 3. The molecule has 11 heteroatoms. The molecule has 3 rings (SSSR count). The van der Waals surface area contributed by atoms with E-state index in [1.165, 1.54) is 11.9 Å². The first kappa shape index (κ1) is 20.5. The predicted octanol–water partition coefficient (Wildman–Crippen LogP) is -0.00266. The highest BCUT2D eigenvalue weighted by molar-refractivity contribution is 6.21. The van der Waals surface area contributed by atoms with Crippen molar-refractivity contribution in [2.75, 3.05) is 26.8 Å². The molecule has 1 unspecified atom stereocenters. The molecule has 0 aromatic carbocycles. The lowest BCUT2D eigenvalue weighted by Crippen LogP contribution is -2.58. The Bertz CT molecular complexity index is 934. The van der Waals surface area contributed by atoms with Crippen LogP contribution in [0.2, 0.25) is 0 Å². The number of aliphatic imine (C=N–C) groups is 1. The van der Waals surface area contributed by atoms with Gasteiger partial charge in [-0.15, -0.1) is 0 Å². The first-order valence-electron chi connectivity index (χ1n) is 9.32. The topological polar surface area (TPSA) is 114 Å². The van der Waals surface area contributed by atoms with E-state index in [1.54, 1.807) is 29.9 Å². The summed E-state index contributed by atoms with van der Waals surface area (Å²) in [7, 11) is 1.49. The summed E-state index contributed by atoms with van der Waals surface area (Å²) in [6.45, 7) is 6.84. The second-order valence-electron chi connectivity index (χ2n) is 6.68. The first-order chi connectivity index (χ1) is 13.7. The summed E-state index contributed by atoms with van der Waals surface area (Å²) in [5, 5.41) is 0. The number of nitrogens with zero attached hydrogens (tertiary/aromatic N) is 5. The lowest BCUT2D eigenvalue weighted by atomic mass is 10.1. The zero-order chi connectivity index (χ0) is 21.5. The van der Waals surface area contributed by atoms with Gasteiger partial charge in [-0.3, -0.25) is 14.5 Å². The Hall–Kier alpha value is -3.24. The molecule has 1 aromatic rings. The zero-order valence-electron chi connectivity index (χ0n) is 17.1. The number of imidazole rings is 1. The van der Waals surface area contributed by atoms with Crippen molar-refractivity contribution in [1.29, 1.82) is 0 Å². The minimum absolute atomic E-state index is 0.0647. The fraction of sp³-hybridized carbons (Fsp3) is 0.556. The number of rotatable bonds is 6. The fourth-order valence-corrected chi connectivity index (χ4v) is 3.51. The largest absolute Gasteiger partial charge is 0.465 e. The van der Waals surface area contributed by atoms with Gasteiger partial charge in [-0.1, -0.05) is 4.99 Å². The maximum atomic E-state index is 13.1. The van der Waals surface area contributed by atoms with Gasteiger partial charge in [0, 0.05) is 7.05 Å². The summed E-state index contributed by atoms with van der Waals surface area (Å²) in [6, 6.07) is -1.56. The molecule has 0 aliphatic carbocycles. The van der Waals surface area contributed by atoms with Crippen molar-refractivity contribution in [3.05, 3.63) is 11.4 Å². The predicted molar refractivity (Wildman–Crippen MR) is 98.4 cm³/mol. The summed E-state index contributed by atoms with van der Waals surface area (Å²) in [6.07, 6.45) is 0. The lowest BCUT2D eigenvalue weighted by molar-refractivity contribution is -0.678. The molecule has 1 fully saturated rings. The van der Waals surface area contributed by atoms with Crippen LogP contribution in [0.4, 0.5) is 10.7 Å². The van der Waals surface area contributed by atoms with E-state index in [-0.39, 0.29) is 25.6 Å². The highest BCUT2D eigenvalue weighted by atomic mass is 16.5. The summed E-state index contributed by atoms with van der Waals surface area (Å²) >= 11 is 0. The summed E-state index contributed by atoms with van der Waals surface area (Å²) in [5.41, 5.74) is 1.47. The Morgan fingerprint density at radius 1 is 1.10 bits per heavy atom. The highest BCUT2D eigenvalue weighted by Crippen LogP contribution is 2.35. The molecule has 3 heterocycles. The molecule has 2 aliphatic heterocycles. The first-order valence-corrected chi connectivity index (χ1v) is 9.32. The molecule has 0 N–H and O–H groups in total. The van der Waals surface area contributed by atoms with E-state index in [2.05, 4.69) is 4.99 Å². The minimum Gasteiger partial charge on any atom is -0.465 e. The number of likely N-dealkylation sites (N-methyl/N-ethyl adjacent to an activating group) is 1. The van der Waals surface area contributed by atoms with Gasteiger partial charge in [-0.05, 0) is 27.7 Å². The average Bonchev–Trinajstić information content (AvgIpc) is 3.16. The summed E-state index contributed by atoms with van der Waals surface area (Å²) < 4.78 is 13.2. The number of esters is 2. The van der Waals surface area contributed by atoms with Crippen LogP contribution < -0.4 is 4.57 Å². The van der Waals surface area contributed by atoms with Crippen LogP contribution in [0.25, 0.3) is 0 Å². The molecular formula is C18H24N5O6+. The monoisotopic (exact) mass is 406 g/mol. The van der Waals surface area contributed by atoms with Crippen LogP contribution in [-0.2, 0) is 30.4 Å². The maximum absolute atomic E-state index is 13.1. The third-order valence-corrected chi connectivity index (χ3v) is 5.01. The molecular weight excluding hydrogens is 382 g/mol. The maximum Gasteiger partial charge on any atom is 0.402 e. The number of hydrogen-bond acceptors (Lipinski definition) is 7. The molecule has 1 saturated heterocycles. The minimum atomic E-state index is -0.899. The van der Waals surface area contributed by atoms with Gasteiger partial charge in [-0.25, -0.2) is 23.6 Å². The number of carbonyl (C=O) groups excluding carboxylic acids is 4. The summed E-state index contributed by atoms with van der Waals surface area (Å²) in [4.78, 5) is 56.2. The van der Waals surface area contributed by atoms with Crippen LogP contribution in [-0.4, -0.2) is 70.9 Å². The number of imide groups is 1. The lowest BCUT2D eigenvalue weighted by Gasteiger charge is -2.32. The number of hydrogen-bond donors (Lipinski definition) is 0. The van der Waals surface area contributed by atoms with Crippen LogP contribution in [0, 0.1) is 13.8 Å². The Balaban J connectivity index is 2.01. The van der Waals surface area contributed by atoms with Crippen molar-refractivity contribution in [2.24, 2.45) is 4.99 Å². The van der Waals surface area contributed by atoms with Crippen molar-refractivity contribution < 1.29 is 33.2 Å². The van der Waals surface area contributed by atoms with Gasteiger partial charge in [0.25, 0.3) is 5.91 Å².